The van der Waals surface area contributed by atoms with Crippen LogP contribution >= 0.6 is 0 Å². The molecule has 4 aromatic carbocycles. The first-order valence-corrected chi connectivity index (χ1v) is 12.6. The smallest absolute Gasteiger partial charge is 0.337 e. The zero-order valence-electron chi connectivity index (χ0n) is 20.3. The number of ether oxygens (including phenoxy) is 2. The van der Waals surface area contributed by atoms with E-state index in [1.165, 1.54) is 26.4 Å². The van der Waals surface area contributed by atoms with Crippen molar-refractivity contribution in [2.75, 3.05) is 14.2 Å². The highest BCUT2D eigenvalue weighted by atomic mass is 32.2. The third kappa shape index (κ3) is 5.45. The maximum atomic E-state index is 12.6. The highest BCUT2D eigenvalue weighted by Crippen LogP contribution is 2.40. The lowest BCUT2D eigenvalue weighted by molar-refractivity contribution is 0.0592. The highest BCUT2D eigenvalue weighted by Gasteiger charge is 2.20. The monoisotopic (exact) mass is 515 g/mol. The Kier molecular flexibility index (Phi) is 7.24. The van der Waals surface area contributed by atoms with Crippen molar-refractivity contribution in [2.24, 2.45) is 0 Å². The molecule has 0 aliphatic carbocycles. The van der Waals surface area contributed by atoms with Gasteiger partial charge >= 0.3 is 11.9 Å². The predicted octanol–water partition coefficient (Wildman–Crippen LogP) is 5.47. The molecule has 0 saturated heterocycles. The zero-order chi connectivity index (χ0) is 26.7. The van der Waals surface area contributed by atoms with Crippen LogP contribution in [-0.2, 0) is 19.6 Å². The molecule has 188 valence electrons. The first-order chi connectivity index (χ1) is 17.6. The summed E-state index contributed by atoms with van der Waals surface area (Å²) in [5.74, 6) is -1.02. The SMILES string of the molecule is COC(=O)c1ccc(-c2cc(-c3ccc(C)cc3)c(S(=O)(=O)[O-])c(-c3ccc(C(=O)OC)cc3)c2)cc1. The molecule has 0 aliphatic heterocycles. The number of methoxy groups -OCH3 is 2. The van der Waals surface area contributed by atoms with E-state index < -0.39 is 22.1 Å². The van der Waals surface area contributed by atoms with Gasteiger partial charge in [0, 0.05) is 11.1 Å². The van der Waals surface area contributed by atoms with Gasteiger partial charge in [0.2, 0.25) is 0 Å². The van der Waals surface area contributed by atoms with E-state index in [0.29, 0.717) is 27.8 Å². The third-order valence-electron chi connectivity index (χ3n) is 5.96. The van der Waals surface area contributed by atoms with E-state index in [1.807, 2.05) is 19.1 Å². The van der Waals surface area contributed by atoms with Crippen molar-refractivity contribution >= 4 is 22.1 Å². The number of esters is 2. The van der Waals surface area contributed by atoms with E-state index in [2.05, 4.69) is 0 Å². The molecule has 0 saturated carbocycles. The predicted molar refractivity (Wildman–Crippen MR) is 138 cm³/mol. The van der Waals surface area contributed by atoms with Crippen molar-refractivity contribution < 1.29 is 32.0 Å². The van der Waals surface area contributed by atoms with Gasteiger partial charge in [0.1, 0.15) is 10.1 Å². The molecule has 0 bridgehead atoms. The minimum absolute atomic E-state index is 0.191. The van der Waals surface area contributed by atoms with Crippen molar-refractivity contribution in [1.29, 1.82) is 0 Å². The molecule has 0 unspecified atom stereocenters. The number of hydrogen-bond donors (Lipinski definition) is 0. The van der Waals surface area contributed by atoms with E-state index in [9.17, 15) is 22.6 Å². The molecule has 0 fully saturated rings. The standard InChI is InChI=1S/C29H24O7S/c1-18-4-6-20(7-5-18)25-16-24(19-8-12-22(13-9-19)28(30)35-2)17-26(27(25)37(32,33)34)21-10-14-23(15-11-21)29(31)36-3/h4-17H,1-3H3,(H,32,33,34)/p-1. The maximum Gasteiger partial charge on any atom is 0.337 e. The molecule has 0 atom stereocenters. The number of carbonyl (C=O) groups is 2. The molecule has 4 aromatic rings. The molecular formula is C29H23O7S-. The summed E-state index contributed by atoms with van der Waals surface area (Å²) in [5, 5.41) is 0. The molecule has 7 nitrogen and oxygen atoms in total. The molecule has 4 rings (SSSR count). The van der Waals surface area contributed by atoms with Crippen molar-refractivity contribution in [3.05, 3.63) is 102 Å². The molecule has 0 spiro atoms. The molecule has 0 amide bonds. The van der Waals surface area contributed by atoms with Gasteiger partial charge in [-0.25, -0.2) is 18.0 Å². The molecule has 8 heteroatoms. The van der Waals surface area contributed by atoms with Gasteiger partial charge < -0.3 is 14.0 Å². The van der Waals surface area contributed by atoms with Crippen LogP contribution in [0.5, 0.6) is 0 Å². The van der Waals surface area contributed by atoms with Crippen LogP contribution in [0.15, 0.2) is 89.8 Å². The molecule has 0 heterocycles. The van der Waals surface area contributed by atoms with Gasteiger partial charge in [-0.1, -0.05) is 54.1 Å². The van der Waals surface area contributed by atoms with Crippen molar-refractivity contribution in [3.63, 3.8) is 0 Å². The fourth-order valence-electron chi connectivity index (χ4n) is 4.05. The lowest BCUT2D eigenvalue weighted by atomic mass is 9.92. The number of rotatable bonds is 6. The number of hydrogen-bond acceptors (Lipinski definition) is 7. The minimum atomic E-state index is -4.92. The molecule has 0 radical (unpaired) electrons. The molecule has 37 heavy (non-hydrogen) atoms. The van der Waals surface area contributed by atoms with E-state index in [4.69, 9.17) is 9.47 Å². The van der Waals surface area contributed by atoms with Crippen LogP contribution in [0.25, 0.3) is 33.4 Å². The van der Waals surface area contributed by atoms with Crippen LogP contribution in [0.1, 0.15) is 26.3 Å². The normalized spacial score (nSPS) is 11.1. The second kappa shape index (κ2) is 10.4. The number of benzene rings is 4. The Hall–Kier alpha value is -4.27. The summed E-state index contributed by atoms with van der Waals surface area (Å²) in [6.45, 7) is 1.91. The summed E-state index contributed by atoms with van der Waals surface area (Å²) in [6, 6.07) is 23.2. The summed E-state index contributed by atoms with van der Waals surface area (Å²) in [5.41, 5.74) is 4.38. The van der Waals surface area contributed by atoms with Gasteiger partial charge in [-0.3, -0.25) is 0 Å². The minimum Gasteiger partial charge on any atom is -0.744 e. The second-order valence-electron chi connectivity index (χ2n) is 8.36. The average Bonchev–Trinajstić information content (AvgIpc) is 2.91. The summed E-state index contributed by atoms with van der Waals surface area (Å²) in [4.78, 5) is 23.4. The Balaban J connectivity index is 2.00. The van der Waals surface area contributed by atoms with Crippen LogP contribution in [0.2, 0.25) is 0 Å². The van der Waals surface area contributed by atoms with Crippen LogP contribution in [0.3, 0.4) is 0 Å². The Morgan fingerprint density at radius 2 is 1.00 bits per heavy atom. The van der Waals surface area contributed by atoms with E-state index in [1.54, 1.807) is 60.7 Å². The summed E-state index contributed by atoms with van der Waals surface area (Å²) < 4.78 is 47.4. The van der Waals surface area contributed by atoms with Crippen molar-refractivity contribution in [1.82, 2.24) is 0 Å². The van der Waals surface area contributed by atoms with Crippen molar-refractivity contribution in [2.45, 2.75) is 11.8 Å². The van der Waals surface area contributed by atoms with Gasteiger partial charge in [0.05, 0.1) is 30.2 Å². The van der Waals surface area contributed by atoms with Gasteiger partial charge in [0.25, 0.3) is 0 Å². The summed E-state index contributed by atoms with van der Waals surface area (Å²) in [6.07, 6.45) is 0. The largest absolute Gasteiger partial charge is 0.744 e. The van der Waals surface area contributed by atoms with Gasteiger partial charge in [-0.05, 0) is 65.6 Å². The lowest BCUT2D eigenvalue weighted by Crippen LogP contribution is -2.06. The van der Waals surface area contributed by atoms with Crippen LogP contribution < -0.4 is 0 Å². The van der Waals surface area contributed by atoms with Crippen LogP contribution in [0, 0.1) is 6.92 Å². The Morgan fingerprint density at radius 1 is 0.622 bits per heavy atom. The molecule has 0 aromatic heterocycles. The highest BCUT2D eigenvalue weighted by molar-refractivity contribution is 7.86. The third-order valence-corrected chi connectivity index (χ3v) is 6.90. The van der Waals surface area contributed by atoms with E-state index in [-0.39, 0.29) is 21.6 Å². The summed E-state index contributed by atoms with van der Waals surface area (Å²) >= 11 is 0. The zero-order valence-corrected chi connectivity index (χ0v) is 21.2. The first kappa shape index (κ1) is 25.8. The van der Waals surface area contributed by atoms with Gasteiger partial charge in [0.15, 0.2) is 0 Å². The molecule has 0 aliphatic rings. The quantitative estimate of drug-likeness (QED) is 0.247. The number of aryl methyl sites for hydroxylation is 1. The number of carbonyl (C=O) groups excluding carboxylic acids is 2. The Bertz CT molecular complexity index is 1570. The lowest BCUT2D eigenvalue weighted by Gasteiger charge is -2.21. The summed E-state index contributed by atoms with van der Waals surface area (Å²) in [7, 11) is -2.36. The Morgan fingerprint density at radius 3 is 1.38 bits per heavy atom. The van der Waals surface area contributed by atoms with Crippen LogP contribution in [0.4, 0.5) is 0 Å². The maximum absolute atomic E-state index is 12.6. The fourth-order valence-corrected chi connectivity index (χ4v) is 4.94. The Labute approximate surface area is 215 Å². The molecular weight excluding hydrogens is 492 g/mol. The van der Waals surface area contributed by atoms with E-state index >= 15 is 0 Å². The topological polar surface area (TPSA) is 110 Å². The van der Waals surface area contributed by atoms with Gasteiger partial charge in [-0.15, -0.1) is 0 Å². The van der Waals surface area contributed by atoms with E-state index in [0.717, 1.165) is 5.56 Å². The fraction of sp³-hybridized carbons (Fsp3) is 0.103. The average molecular weight is 516 g/mol. The second-order valence-corrected chi connectivity index (χ2v) is 9.68. The van der Waals surface area contributed by atoms with Crippen molar-refractivity contribution in [3.8, 4) is 33.4 Å². The van der Waals surface area contributed by atoms with Gasteiger partial charge in [-0.2, -0.15) is 0 Å². The molecule has 0 N–H and O–H groups in total. The van der Waals surface area contributed by atoms with Crippen LogP contribution in [-0.4, -0.2) is 39.1 Å². The first-order valence-electron chi connectivity index (χ1n) is 11.2.